The van der Waals surface area contributed by atoms with Crippen LogP contribution in [0.15, 0.2) is 18.2 Å². The van der Waals surface area contributed by atoms with Crippen LogP contribution in [0.25, 0.3) is 0 Å². The normalized spacial score (nSPS) is 35.4. The highest BCUT2D eigenvalue weighted by atomic mass is 16.5. The first-order valence-electron chi connectivity index (χ1n) is 9.48. The lowest BCUT2D eigenvalue weighted by Gasteiger charge is -2.55. The maximum absolute atomic E-state index is 13.1. The zero-order valence-electron chi connectivity index (χ0n) is 14.3. The summed E-state index contributed by atoms with van der Waals surface area (Å²) in [7, 11) is 0. The lowest BCUT2D eigenvalue weighted by Crippen LogP contribution is -2.51. The molecule has 2 amide bonds. The number of nitrogens with one attached hydrogen (secondary N) is 2. The van der Waals surface area contributed by atoms with E-state index in [-0.39, 0.29) is 17.2 Å². The highest BCUT2D eigenvalue weighted by molar-refractivity contribution is 5.98. The molecule has 5 heteroatoms. The van der Waals surface area contributed by atoms with E-state index in [4.69, 9.17) is 4.74 Å². The van der Waals surface area contributed by atoms with Gasteiger partial charge in [-0.15, -0.1) is 0 Å². The summed E-state index contributed by atoms with van der Waals surface area (Å²) in [6, 6.07) is 5.52. The van der Waals surface area contributed by atoms with Gasteiger partial charge in [0.05, 0.1) is 24.1 Å². The molecule has 4 saturated carbocycles. The van der Waals surface area contributed by atoms with Crippen molar-refractivity contribution in [2.45, 2.75) is 44.9 Å². The molecule has 2 N–H and O–H groups in total. The number of ether oxygens (including phenoxy) is 1. The second-order valence-corrected chi connectivity index (χ2v) is 8.51. The van der Waals surface area contributed by atoms with Crippen molar-refractivity contribution in [1.29, 1.82) is 0 Å². The van der Waals surface area contributed by atoms with Crippen LogP contribution in [0.1, 0.15) is 44.9 Å². The summed E-state index contributed by atoms with van der Waals surface area (Å²) in [6.07, 6.45) is 7.49. The van der Waals surface area contributed by atoms with Gasteiger partial charge in [0.15, 0.2) is 0 Å². The van der Waals surface area contributed by atoms with Gasteiger partial charge in [0, 0.05) is 5.69 Å². The molecule has 4 aliphatic carbocycles. The fraction of sp³-hybridized carbons (Fsp3) is 0.600. The van der Waals surface area contributed by atoms with Crippen LogP contribution in [0.5, 0.6) is 5.75 Å². The summed E-state index contributed by atoms with van der Waals surface area (Å²) >= 11 is 0. The topological polar surface area (TPSA) is 67.4 Å². The maximum atomic E-state index is 13.1. The molecular weight excluding hydrogens is 316 g/mol. The Morgan fingerprint density at radius 1 is 1.12 bits per heavy atom. The molecule has 1 aromatic carbocycles. The van der Waals surface area contributed by atoms with Gasteiger partial charge in [-0.1, -0.05) is 0 Å². The summed E-state index contributed by atoms with van der Waals surface area (Å²) in [4.78, 5) is 24.9. The number of fused-ring (bicyclic) bond motifs is 1. The highest BCUT2D eigenvalue weighted by Gasteiger charge is 2.54. The standard InChI is InChI=1S/C20H24N2O3/c23-18-3-4-25-17-2-1-15(8-16(17)22-18)21-19(24)20-9-12-5-13(10-20)7-14(6-12)11-20/h1-2,8,12-14H,3-7,9-11H2,(H,21,24)(H,22,23). The molecule has 4 fully saturated rings. The van der Waals surface area contributed by atoms with Gasteiger partial charge < -0.3 is 15.4 Å². The van der Waals surface area contributed by atoms with Crippen LogP contribution < -0.4 is 15.4 Å². The Labute approximate surface area is 147 Å². The Morgan fingerprint density at radius 3 is 2.48 bits per heavy atom. The van der Waals surface area contributed by atoms with Crippen LogP contribution in [-0.4, -0.2) is 18.4 Å². The molecule has 0 unspecified atom stereocenters. The van der Waals surface area contributed by atoms with E-state index in [2.05, 4.69) is 10.6 Å². The third-order valence-corrected chi connectivity index (χ3v) is 6.62. The van der Waals surface area contributed by atoms with E-state index < -0.39 is 0 Å². The molecule has 0 spiro atoms. The summed E-state index contributed by atoms with van der Waals surface area (Å²) in [5.74, 6) is 3.03. The molecule has 1 aliphatic heterocycles. The number of benzene rings is 1. The first kappa shape index (κ1) is 15.2. The smallest absolute Gasteiger partial charge is 0.230 e. The molecule has 6 rings (SSSR count). The van der Waals surface area contributed by atoms with Gasteiger partial charge >= 0.3 is 0 Å². The predicted molar refractivity (Wildman–Crippen MR) is 94.4 cm³/mol. The Kier molecular flexibility index (Phi) is 3.34. The molecule has 25 heavy (non-hydrogen) atoms. The lowest BCUT2D eigenvalue weighted by molar-refractivity contribution is -0.140. The Balaban J connectivity index is 1.37. The quantitative estimate of drug-likeness (QED) is 0.865. The van der Waals surface area contributed by atoms with Gasteiger partial charge in [0.2, 0.25) is 11.8 Å². The van der Waals surface area contributed by atoms with Gasteiger partial charge in [-0.25, -0.2) is 0 Å². The first-order chi connectivity index (χ1) is 12.1. The van der Waals surface area contributed by atoms with E-state index in [1.54, 1.807) is 0 Å². The van der Waals surface area contributed by atoms with Crippen molar-refractivity contribution in [3.63, 3.8) is 0 Å². The van der Waals surface area contributed by atoms with Crippen LogP contribution in [0, 0.1) is 23.2 Å². The molecule has 0 aromatic heterocycles. The minimum atomic E-state index is -0.165. The van der Waals surface area contributed by atoms with E-state index >= 15 is 0 Å². The lowest BCUT2D eigenvalue weighted by atomic mass is 9.49. The fourth-order valence-electron chi connectivity index (χ4n) is 5.95. The summed E-state index contributed by atoms with van der Waals surface area (Å²) in [5.41, 5.74) is 1.22. The third kappa shape index (κ3) is 2.60. The van der Waals surface area contributed by atoms with Crippen molar-refractivity contribution >= 4 is 23.2 Å². The van der Waals surface area contributed by atoms with E-state index in [0.717, 1.165) is 42.7 Å². The summed E-state index contributed by atoms with van der Waals surface area (Å²) in [6.45, 7) is 0.387. The molecule has 0 saturated heterocycles. The second kappa shape index (κ2) is 5.48. The van der Waals surface area contributed by atoms with Gasteiger partial charge in [0.1, 0.15) is 5.75 Å². The van der Waals surface area contributed by atoms with Crippen molar-refractivity contribution in [3.8, 4) is 5.75 Å². The Morgan fingerprint density at radius 2 is 1.80 bits per heavy atom. The average molecular weight is 340 g/mol. The number of amides is 2. The first-order valence-corrected chi connectivity index (χ1v) is 9.48. The minimum Gasteiger partial charge on any atom is -0.491 e. The summed E-state index contributed by atoms with van der Waals surface area (Å²) in [5, 5.41) is 5.99. The van der Waals surface area contributed by atoms with Crippen LogP contribution >= 0.6 is 0 Å². The van der Waals surface area contributed by atoms with E-state index in [1.165, 1.54) is 19.3 Å². The third-order valence-electron chi connectivity index (χ3n) is 6.62. The summed E-state index contributed by atoms with van der Waals surface area (Å²) < 4.78 is 5.58. The SMILES string of the molecule is O=C1CCOc2ccc(NC(=O)C34CC5CC(CC(C5)C3)C4)cc2N1. The predicted octanol–water partition coefficient (Wildman–Crippen LogP) is 3.56. The van der Waals surface area contributed by atoms with Crippen LogP contribution in [-0.2, 0) is 9.59 Å². The number of hydrogen-bond donors (Lipinski definition) is 2. The molecule has 1 heterocycles. The monoisotopic (exact) mass is 340 g/mol. The number of rotatable bonds is 2. The van der Waals surface area contributed by atoms with Crippen molar-refractivity contribution in [2.75, 3.05) is 17.2 Å². The fourth-order valence-corrected chi connectivity index (χ4v) is 5.95. The largest absolute Gasteiger partial charge is 0.491 e. The van der Waals surface area contributed by atoms with Gasteiger partial charge in [-0.05, 0) is 74.5 Å². The Hall–Kier alpha value is -2.04. The maximum Gasteiger partial charge on any atom is 0.230 e. The van der Waals surface area contributed by atoms with Crippen LogP contribution in [0.3, 0.4) is 0 Å². The molecule has 5 aliphatic rings. The van der Waals surface area contributed by atoms with Gasteiger partial charge in [-0.3, -0.25) is 9.59 Å². The van der Waals surface area contributed by atoms with Gasteiger partial charge in [0.25, 0.3) is 0 Å². The molecule has 5 nitrogen and oxygen atoms in total. The van der Waals surface area contributed by atoms with E-state index in [1.807, 2.05) is 18.2 Å². The van der Waals surface area contributed by atoms with Crippen molar-refractivity contribution in [3.05, 3.63) is 18.2 Å². The molecule has 4 bridgehead atoms. The van der Waals surface area contributed by atoms with E-state index in [0.29, 0.717) is 24.5 Å². The number of hydrogen-bond acceptors (Lipinski definition) is 3. The molecule has 0 atom stereocenters. The Bertz CT molecular complexity index is 707. The average Bonchev–Trinajstić information content (AvgIpc) is 2.73. The zero-order chi connectivity index (χ0) is 17.0. The number of anilines is 2. The highest BCUT2D eigenvalue weighted by Crippen LogP contribution is 2.60. The van der Waals surface area contributed by atoms with Crippen LogP contribution in [0.4, 0.5) is 11.4 Å². The molecular formula is C20H24N2O3. The number of carbonyl (C=O) groups excluding carboxylic acids is 2. The number of carbonyl (C=O) groups is 2. The van der Waals surface area contributed by atoms with Gasteiger partial charge in [-0.2, -0.15) is 0 Å². The molecule has 1 aromatic rings. The van der Waals surface area contributed by atoms with Crippen molar-refractivity contribution in [2.24, 2.45) is 23.2 Å². The minimum absolute atomic E-state index is 0.0525. The van der Waals surface area contributed by atoms with E-state index in [9.17, 15) is 9.59 Å². The van der Waals surface area contributed by atoms with Crippen molar-refractivity contribution in [1.82, 2.24) is 0 Å². The van der Waals surface area contributed by atoms with Crippen molar-refractivity contribution < 1.29 is 14.3 Å². The zero-order valence-corrected chi connectivity index (χ0v) is 14.3. The molecule has 132 valence electrons. The van der Waals surface area contributed by atoms with Crippen LogP contribution in [0.2, 0.25) is 0 Å². The molecule has 0 radical (unpaired) electrons. The second-order valence-electron chi connectivity index (χ2n) is 8.51.